The second-order valence-electron chi connectivity index (χ2n) is 3.52. The first-order valence-corrected chi connectivity index (χ1v) is 4.84. The third kappa shape index (κ3) is 4.19. The summed E-state index contributed by atoms with van der Waals surface area (Å²) in [4.78, 5) is 0. The molecule has 0 aliphatic rings. The van der Waals surface area contributed by atoms with Crippen molar-refractivity contribution in [3.63, 3.8) is 0 Å². The molecule has 0 atom stereocenters. The minimum atomic E-state index is -0.191. The highest BCUT2D eigenvalue weighted by molar-refractivity contribution is 5.49. The van der Waals surface area contributed by atoms with E-state index in [0.29, 0.717) is 6.04 Å². The van der Waals surface area contributed by atoms with E-state index in [2.05, 4.69) is 19.2 Å². The van der Waals surface area contributed by atoms with Crippen molar-refractivity contribution in [3.05, 3.63) is 41.7 Å². The molecule has 0 spiro atoms. The first kappa shape index (κ1) is 10.9. The standard InChI is InChI=1S/C12H16FN/c1-10(2)14-8-4-6-11-5-3-7-12(13)9-11/h3-7,9-10,14H,8H2,1-2H3. The van der Waals surface area contributed by atoms with Gasteiger partial charge in [0.15, 0.2) is 0 Å². The lowest BCUT2D eigenvalue weighted by atomic mass is 10.2. The smallest absolute Gasteiger partial charge is 0.123 e. The fourth-order valence-electron chi connectivity index (χ4n) is 1.11. The third-order valence-corrected chi connectivity index (χ3v) is 1.80. The van der Waals surface area contributed by atoms with Crippen molar-refractivity contribution in [2.24, 2.45) is 0 Å². The van der Waals surface area contributed by atoms with Gasteiger partial charge in [-0.1, -0.05) is 38.1 Å². The van der Waals surface area contributed by atoms with Crippen LogP contribution < -0.4 is 5.32 Å². The predicted molar refractivity (Wildman–Crippen MR) is 58.6 cm³/mol. The summed E-state index contributed by atoms with van der Waals surface area (Å²) in [5.74, 6) is -0.191. The average molecular weight is 193 g/mol. The van der Waals surface area contributed by atoms with Gasteiger partial charge in [-0.3, -0.25) is 0 Å². The zero-order chi connectivity index (χ0) is 10.4. The maximum absolute atomic E-state index is 12.8. The summed E-state index contributed by atoms with van der Waals surface area (Å²) in [6.45, 7) is 5.00. The van der Waals surface area contributed by atoms with Crippen LogP contribution in [0.3, 0.4) is 0 Å². The molecule has 0 unspecified atom stereocenters. The highest BCUT2D eigenvalue weighted by atomic mass is 19.1. The van der Waals surface area contributed by atoms with Crippen LogP contribution in [0.2, 0.25) is 0 Å². The normalized spacial score (nSPS) is 11.4. The molecule has 0 radical (unpaired) electrons. The molecule has 1 N–H and O–H groups in total. The lowest BCUT2D eigenvalue weighted by molar-refractivity contribution is 0.627. The van der Waals surface area contributed by atoms with Crippen LogP contribution in [0.4, 0.5) is 4.39 Å². The van der Waals surface area contributed by atoms with Crippen LogP contribution in [0.15, 0.2) is 30.3 Å². The Labute approximate surface area is 84.6 Å². The maximum Gasteiger partial charge on any atom is 0.123 e. The lowest BCUT2D eigenvalue weighted by Gasteiger charge is -2.03. The Hall–Kier alpha value is -1.15. The van der Waals surface area contributed by atoms with Crippen molar-refractivity contribution < 1.29 is 4.39 Å². The van der Waals surface area contributed by atoms with Gasteiger partial charge in [-0.2, -0.15) is 0 Å². The number of nitrogens with one attached hydrogen (secondary N) is 1. The summed E-state index contributed by atoms with van der Waals surface area (Å²) >= 11 is 0. The van der Waals surface area contributed by atoms with Gasteiger partial charge >= 0.3 is 0 Å². The second-order valence-corrected chi connectivity index (χ2v) is 3.52. The van der Waals surface area contributed by atoms with Gasteiger partial charge in [0.25, 0.3) is 0 Å². The van der Waals surface area contributed by atoms with Gasteiger partial charge in [0.2, 0.25) is 0 Å². The summed E-state index contributed by atoms with van der Waals surface area (Å²) in [7, 11) is 0. The van der Waals surface area contributed by atoms with Gasteiger partial charge in [-0.25, -0.2) is 4.39 Å². The van der Waals surface area contributed by atoms with Crippen LogP contribution in [-0.4, -0.2) is 12.6 Å². The van der Waals surface area contributed by atoms with E-state index in [4.69, 9.17) is 0 Å². The van der Waals surface area contributed by atoms with E-state index >= 15 is 0 Å². The van der Waals surface area contributed by atoms with E-state index in [1.165, 1.54) is 12.1 Å². The average Bonchev–Trinajstić information content (AvgIpc) is 2.12. The van der Waals surface area contributed by atoms with Crippen molar-refractivity contribution in [1.29, 1.82) is 0 Å². The Bertz CT molecular complexity index is 305. The molecule has 0 heterocycles. The number of rotatable bonds is 4. The van der Waals surface area contributed by atoms with Crippen molar-refractivity contribution in [3.8, 4) is 0 Å². The fourth-order valence-corrected chi connectivity index (χ4v) is 1.11. The van der Waals surface area contributed by atoms with E-state index in [-0.39, 0.29) is 5.82 Å². The minimum absolute atomic E-state index is 0.191. The zero-order valence-corrected chi connectivity index (χ0v) is 8.63. The Morgan fingerprint density at radius 2 is 2.21 bits per heavy atom. The Balaban J connectivity index is 2.44. The van der Waals surface area contributed by atoms with Crippen LogP contribution >= 0.6 is 0 Å². The van der Waals surface area contributed by atoms with Gasteiger partial charge in [0, 0.05) is 12.6 Å². The van der Waals surface area contributed by atoms with E-state index in [9.17, 15) is 4.39 Å². The van der Waals surface area contributed by atoms with Crippen LogP contribution in [-0.2, 0) is 0 Å². The zero-order valence-electron chi connectivity index (χ0n) is 8.63. The molecule has 0 amide bonds. The van der Waals surface area contributed by atoms with Crippen LogP contribution in [0.25, 0.3) is 6.08 Å². The first-order valence-electron chi connectivity index (χ1n) is 4.84. The summed E-state index contributed by atoms with van der Waals surface area (Å²) in [6.07, 6.45) is 3.91. The van der Waals surface area contributed by atoms with Crippen LogP contribution in [0, 0.1) is 5.82 Å². The quantitative estimate of drug-likeness (QED) is 0.775. The SMILES string of the molecule is CC(C)NCC=Cc1cccc(F)c1. The molecule has 0 bridgehead atoms. The molecule has 0 aliphatic carbocycles. The largest absolute Gasteiger partial charge is 0.311 e. The Morgan fingerprint density at radius 3 is 2.86 bits per heavy atom. The van der Waals surface area contributed by atoms with Crippen molar-refractivity contribution in [1.82, 2.24) is 5.32 Å². The van der Waals surface area contributed by atoms with Gasteiger partial charge in [0.1, 0.15) is 5.82 Å². The Morgan fingerprint density at radius 1 is 1.43 bits per heavy atom. The predicted octanol–water partition coefficient (Wildman–Crippen LogP) is 2.84. The molecule has 0 saturated heterocycles. The number of halogens is 1. The van der Waals surface area contributed by atoms with Crippen molar-refractivity contribution in [2.75, 3.05) is 6.54 Å². The van der Waals surface area contributed by atoms with E-state index in [1.807, 2.05) is 18.2 Å². The molecule has 2 heteroatoms. The molecule has 1 aromatic rings. The monoisotopic (exact) mass is 193 g/mol. The molecule has 0 aliphatic heterocycles. The van der Waals surface area contributed by atoms with Crippen LogP contribution in [0.1, 0.15) is 19.4 Å². The van der Waals surface area contributed by atoms with Crippen molar-refractivity contribution >= 4 is 6.08 Å². The first-order chi connectivity index (χ1) is 6.68. The number of benzene rings is 1. The fraction of sp³-hybridized carbons (Fsp3) is 0.333. The van der Waals surface area contributed by atoms with Gasteiger partial charge in [-0.05, 0) is 17.7 Å². The molecule has 0 aromatic heterocycles. The minimum Gasteiger partial charge on any atom is -0.311 e. The van der Waals surface area contributed by atoms with E-state index in [1.54, 1.807) is 6.07 Å². The molecule has 1 nitrogen and oxygen atoms in total. The molecule has 0 fully saturated rings. The van der Waals surface area contributed by atoms with Gasteiger partial charge < -0.3 is 5.32 Å². The summed E-state index contributed by atoms with van der Waals surface area (Å²) in [5.41, 5.74) is 0.899. The molecule has 14 heavy (non-hydrogen) atoms. The molecule has 76 valence electrons. The number of hydrogen-bond acceptors (Lipinski definition) is 1. The van der Waals surface area contributed by atoms with Crippen molar-refractivity contribution in [2.45, 2.75) is 19.9 Å². The Kier molecular flexibility index (Phi) is 4.33. The van der Waals surface area contributed by atoms with Gasteiger partial charge in [0.05, 0.1) is 0 Å². The highest BCUT2D eigenvalue weighted by Crippen LogP contribution is 2.04. The second kappa shape index (κ2) is 5.55. The molecule has 0 saturated carbocycles. The summed E-state index contributed by atoms with van der Waals surface area (Å²) < 4.78 is 12.8. The highest BCUT2D eigenvalue weighted by Gasteiger charge is 1.90. The topological polar surface area (TPSA) is 12.0 Å². The third-order valence-electron chi connectivity index (χ3n) is 1.80. The summed E-state index contributed by atoms with van der Waals surface area (Å²) in [6, 6.07) is 7.04. The molecular formula is C12H16FN. The van der Waals surface area contributed by atoms with Crippen LogP contribution in [0.5, 0.6) is 0 Å². The number of hydrogen-bond donors (Lipinski definition) is 1. The van der Waals surface area contributed by atoms with Gasteiger partial charge in [-0.15, -0.1) is 0 Å². The van der Waals surface area contributed by atoms with E-state index < -0.39 is 0 Å². The molecule has 1 rings (SSSR count). The summed E-state index contributed by atoms with van der Waals surface area (Å²) in [5, 5.41) is 3.25. The lowest BCUT2D eigenvalue weighted by Crippen LogP contribution is -2.22. The molecular weight excluding hydrogens is 177 g/mol. The molecule has 1 aromatic carbocycles. The maximum atomic E-state index is 12.8. The van der Waals surface area contributed by atoms with E-state index in [0.717, 1.165) is 12.1 Å².